The van der Waals surface area contributed by atoms with Gasteiger partial charge in [-0.1, -0.05) is 89.7 Å². The lowest BCUT2D eigenvalue weighted by atomic mass is 10.1. The Bertz CT molecular complexity index is 599. The average molecular weight is 435 g/mol. The summed E-state index contributed by atoms with van der Waals surface area (Å²) in [6, 6.07) is 7.35. The first-order valence-electron chi connectivity index (χ1n) is 12.1. The molecular formula is C26H42O5. The minimum absolute atomic E-state index is 0.0429. The van der Waals surface area contributed by atoms with E-state index in [1.807, 2.05) is 24.3 Å². The molecule has 0 amide bonds. The maximum atomic E-state index is 11.8. The van der Waals surface area contributed by atoms with Gasteiger partial charge in [0, 0.05) is 0 Å². The Hall–Kier alpha value is -2.04. The van der Waals surface area contributed by atoms with Gasteiger partial charge in [0.15, 0.2) is 0 Å². The highest BCUT2D eigenvalue weighted by Crippen LogP contribution is 2.14. The molecule has 31 heavy (non-hydrogen) atoms. The summed E-state index contributed by atoms with van der Waals surface area (Å²) in [6.45, 7) is 2.86. The first-order valence-corrected chi connectivity index (χ1v) is 12.1. The van der Waals surface area contributed by atoms with Crippen LogP contribution >= 0.6 is 0 Å². The summed E-state index contributed by atoms with van der Waals surface area (Å²) in [5, 5.41) is 0. The lowest BCUT2D eigenvalue weighted by molar-refractivity contribution is -0.151. The SMILES string of the molecule is CCCCCCCCCCCCCCOC(=O)CCC(=O)OCc1cccc(OC)c1. The van der Waals surface area contributed by atoms with Crippen LogP contribution in [0.1, 0.15) is 102 Å². The summed E-state index contributed by atoms with van der Waals surface area (Å²) >= 11 is 0. The molecule has 0 atom stereocenters. The standard InChI is InChI=1S/C26H42O5/c1-3-4-5-6-7-8-9-10-11-12-13-14-20-30-25(27)18-19-26(28)31-22-23-16-15-17-24(21-23)29-2/h15-17,21H,3-14,18-20,22H2,1-2H3. The van der Waals surface area contributed by atoms with Crippen LogP contribution in [0.4, 0.5) is 0 Å². The molecule has 0 N–H and O–H groups in total. The minimum Gasteiger partial charge on any atom is -0.497 e. The zero-order valence-corrected chi connectivity index (χ0v) is 19.7. The lowest BCUT2D eigenvalue weighted by Crippen LogP contribution is -2.11. The van der Waals surface area contributed by atoms with Crippen molar-refractivity contribution in [3.8, 4) is 5.75 Å². The first-order chi connectivity index (χ1) is 15.2. The Morgan fingerprint density at radius 3 is 1.87 bits per heavy atom. The van der Waals surface area contributed by atoms with E-state index in [1.165, 1.54) is 64.2 Å². The van der Waals surface area contributed by atoms with Crippen molar-refractivity contribution < 1.29 is 23.8 Å². The van der Waals surface area contributed by atoms with Crippen molar-refractivity contribution >= 4 is 11.9 Å². The van der Waals surface area contributed by atoms with E-state index in [0.717, 1.165) is 24.2 Å². The molecule has 176 valence electrons. The van der Waals surface area contributed by atoms with Gasteiger partial charge in [0.25, 0.3) is 0 Å². The normalized spacial score (nSPS) is 10.6. The second kappa shape index (κ2) is 18.7. The smallest absolute Gasteiger partial charge is 0.306 e. The third-order valence-electron chi connectivity index (χ3n) is 5.33. The van der Waals surface area contributed by atoms with Crippen molar-refractivity contribution in [1.29, 1.82) is 0 Å². The number of methoxy groups -OCH3 is 1. The number of hydrogen-bond acceptors (Lipinski definition) is 5. The van der Waals surface area contributed by atoms with Crippen molar-refractivity contribution in [2.45, 2.75) is 103 Å². The fraction of sp³-hybridized carbons (Fsp3) is 0.692. The monoisotopic (exact) mass is 434 g/mol. The maximum Gasteiger partial charge on any atom is 0.306 e. The summed E-state index contributed by atoms with van der Waals surface area (Å²) in [5.41, 5.74) is 0.849. The predicted molar refractivity (Wildman–Crippen MR) is 124 cm³/mol. The van der Waals surface area contributed by atoms with Crippen molar-refractivity contribution in [2.75, 3.05) is 13.7 Å². The summed E-state index contributed by atoms with van der Waals surface area (Å²) < 4.78 is 15.5. The van der Waals surface area contributed by atoms with Crippen LogP contribution in [-0.2, 0) is 25.7 Å². The molecule has 5 heteroatoms. The van der Waals surface area contributed by atoms with Gasteiger partial charge in [0.2, 0.25) is 0 Å². The second-order valence-electron chi connectivity index (χ2n) is 8.12. The van der Waals surface area contributed by atoms with Gasteiger partial charge >= 0.3 is 11.9 Å². The highest BCUT2D eigenvalue weighted by molar-refractivity contribution is 5.77. The van der Waals surface area contributed by atoms with Gasteiger partial charge in [0.05, 0.1) is 26.6 Å². The maximum absolute atomic E-state index is 11.8. The topological polar surface area (TPSA) is 61.8 Å². The molecule has 0 unspecified atom stereocenters. The van der Waals surface area contributed by atoms with Gasteiger partial charge in [-0.3, -0.25) is 9.59 Å². The van der Waals surface area contributed by atoms with E-state index in [4.69, 9.17) is 14.2 Å². The van der Waals surface area contributed by atoms with Crippen LogP contribution in [0.3, 0.4) is 0 Å². The quantitative estimate of drug-likeness (QED) is 0.178. The molecular weight excluding hydrogens is 392 g/mol. The van der Waals surface area contributed by atoms with E-state index in [-0.39, 0.29) is 25.4 Å². The molecule has 1 aromatic rings. The summed E-state index contributed by atoms with van der Waals surface area (Å²) in [4.78, 5) is 23.6. The number of carbonyl (C=O) groups excluding carboxylic acids is 2. The molecule has 0 aromatic heterocycles. The van der Waals surface area contributed by atoms with Crippen LogP contribution < -0.4 is 4.74 Å². The third-order valence-corrected chi connectivity index (χ3v) is 5.33. The molecule has 5 nitrogen and oxygen atoms in total. The van der Waals surface area contributed by atoms with E-state index >= 15 is 0 Å². The van der Waals surface area contributed by atoms with Gasteiger partial charge in [-0.05, 0) is 24.1 Å². The number of esters is 2. The molecule has 0 aliphatic rings. The molecule has 0 heterocycles. The Kier molecular flexibility index (Phi) is 16.3. The zero-order valence-electron chi connectivity index (χ0n) is 19.7. The predicted octanol–water partition coefficient (Wildman–Crippen LogP) is 6.76. The van der Waals surface area contributed by atoms with Crippen LogP contribution in [0.2, 0.25) is 0 Å². The first kappa shape index (κ1) is 27.0. The van der Waals surface area contributed by atoms with Crippen LogP contribution in [0.25, 0.3) is 0 Å². The second-order valence-corrected chi connectivity index (χ2v) is 8.12. The van der Waals surface area contributed by atoms with E-state index in [2.05, 4.69) is 6.92 Å². The molecule has 0 bridgehead atoms. The third kappa shape index (κ3) is 15.4. The number of carbonyl (C=O) groups is 2. The van der Waals surface area contributed by atoms with Crippen LogP contribution in [-0.4, -0.2) is 25.7 Å². The van der Waals surface area contributed by atoms with Crippen molar-refractivity contribution in [2.24, 2.45) is 0 Å². The fourth-order valence-corrected chi connectivity index (χ4v) is 3.40. The fourth-order valence-electron chi connectivity index (χ4n) is 3.40. The number of unbranched alkanes of at least 4 members (excludes halogenated alkanes) is 11. The minimum atomic E-state index is -0.398. The summed E-state index contributed by atoms with van der Waals surface area (Å²) in [7, 11) is 1.59. The molecule has 1 aromatic carbocycles. The molecule has 0 aliphatic carbocycles. The highest BCUT2D eigenvalue weighted by atomic mass is 16.5. The van der Waals surface area contributed by atoms with Crippen molar-refractivity contribution in [3.05, 3.63) is 29.8 Å². The molecule has 0 radical (unpaired) electrons. The van der Waals surface area contributed by atoms with E-state index in [9.17, 15) is 9.59 Å². The van der Waals surface area contributed by atoms with Gasteiger partial charge in [-0.2, -0.15) is 0 Å². The lowest BCUT2D eigenvalue weighted by Gasteiger charge is -2.07. The van der Waals surface area contributed by atoms with Crippen LogP contribution in [0, 0.1) is 0 Å². The number of ether oxygens (including phenoxy) is 3. The van der Waals surface area contributed by atoms with Gasteiger partial charge in [-0.15, -0.1) is 0 Å². The van der Waals surface area contributed by atoms with Gasteiger partial charge in [0.1, 0.15) is 12.4 Å². The highest BCUT2D eigenvalue weighted by Gasteiger charge is 2.09. The van der Waals surface area contributed by atoms with Crippen molar-refractivity contribution in [3.63, 3.8) is 0 Å². The van der Waals surface area contributed by atoms with Crippen LogP contribution in [0.5, 0.6) is 5.75 Å². The van der Waals surface area contributed by atoms with E-state index < -0.39 is 5.97 Å². The molecule has 0 saturated heterocycles. The zero-order chi connectivity index (χ0) is 22.6. The Morgan fingerprint density at radius 2 is 1.29 bits per heavy atom. The van der Waals surface area contributed by atoms with Gasteiger partial charge < -0.3 is 14.2 Å². The van der Waals surface area contributed by atoms with Crippen LogP contribution in [0.15, 0.2) is 24.3 Å². The number of benzene rings is 1. The molecule has 1 rings (SSSR count). The largest absolute Gasteiger partial charge is 0.497 e. The van der Waals surface area contributed by atoms with Crippen molar-refractivity contribution in [1.82, 2.24) is 0 Å². The molecule has 0 saturated carbocycles. The number of rotatable bonds is 19. The Labute approximate surface area is 188 Å². The van der Waals surface area contributed by atoms with Gasteiger partial charge in [-0.25, -0.2) is 0 Å². The Balaban J connectivity index is 1.91. The molecule has 0 spiro atoms. The number of hydrogen-bond donors (Lipinski definition) is 0. The van der Waals surface area contributed by atoms with E-state index in [1.54, 1.807) is 7.11 Å². The Morgan fingerprint density at radius 1 is 0.742 bits per heavy atom. The molecule has 0 fully saturated rings. The van der Waals surface area contributed by atoms with E-state index in [0.29, 0.717) is 6.61 Å². The molecule has 0 aliphatic heterocycles. The summed E-state index contributed by atoms with van der Waals surface area (Å²) in [5.74, 6) is -0.0125. The average Bonchev–Trinajstić information content (AvgIpc) is 2.79. The summed E-state index contributed by atoms with van der Waals surface area (Å²) in [6.07, 6.45) is 15.4.